The molecule has 8 heteroatoms. The number of nitrogens with one attached hydrogen (secondary N) is 2. The summed E-state index contributed by atoms with van der Waals surface area (Å²) in [6, 6.07) is 7.25. The van der Waals surface area contributed by atoms with E-state index in [1.54, 1.807) is 18.2 Å². The molecule has 7 nitrogen and oxygen atoms in total. The molecular weight excluding hydrogens is 318 g/mol. The molecule has 1 atom stereocenters. The molecule has 2 aromatic rings. The molecule has 3 rings (SSSR count). The Bertz CT molecular complexity index is 727. The van der Waals surface area contributed by atoms with Crippen LogP contribution in [0.15, 0.2) is 29.1 Å². The molecule has 1 aromatic carbocycles. The summed E-state index contributed by atoms with van der Waals surface area (Å²) in [7, 11) is 0. The van der Waals surface area contributed by atoms with Crippen LogP contribution in [0.2, 0.25) is 0 Å². The summed E-state index contributed by atoms with van der Waals surface area (Å²) in [5, 5.41) is 14.6. The van der Waals surface area contributed by atoms with Crippen LogP contribution in [0.4, 0.5) is 0 Å². The van der Waals surface area contributed by atoms with Gasteiger partial charge in [0.25, 0.3) is 5.56 Å². The number of nitrogens with zero attached hydrogens (tertiary/aromatic N) is 3. The molecule has 0 radical (unpaired) electrons. The van der Waals surface area contributed by atoms with Crippen molar-refractivity contribution in [3.05, 3.63) is 34.6 Å². The predicted molar refractivity (Wildman–Crippen MR) is 89.7 cm³/mol. The summed E-state index contributed by atoms with van der Waals surface area (Å²) in [6.07, 6.45) is 2.29. The van der Waals surface area contributed by atoms with Crippen molar-refractivity contribution in [2.24, 2.45) is 0 Å². The average molecular weight is 338 g/mol. The van der Waals surface area contributed by atoms with Gasteiger partial charge in [0.15, 0.2) is 0 Å². The second-order valence-electron chi connectivity index (χ2n) is 5.50. The number of aryl methyl sites for hydroxylation is 1. The van der Waals surface area contributed by atoms with Gasteiger partial charge in [0.2, 0.25) is 5.91 Å². The van der Waals surface area contributed by atoms with Crippen molar-refractivity contribution in [3.63, 3.8) is 0 Å². The van der Waals surface area contributed by atoms with Gasteiger partial charge in [-0.1, -0.05) is 17.3 Å². The minimum absolute atomic E-state index is 0. The van der Waals surface area contributed by atoms with E-state index in [0.717, 1.165) is 25.9 Å². The molecule has 1 fully saturated rings. The fourth-order valence-electron chi connectivity index (χ4n) is 2.65. The van der Waals surface area contributed by atoms with Crippen LogP contribution >= 0.6 is 12.4 Å². The molecule has 1 aromatic heterocycles. The van der Waals surface area contributed by atoms with Crippen molar-refractivity contribution in [2.45, 2.75) is 31.8 Å². The smallest absolute Gasteiger partial charge is 0.277 e. The zero-order chi connectivity index (χ0) is 15.4. The van der Waals surface area contributed by atoms with E-state index < -0.39 is 0 Å². The van der Waals surface area contributed by atoms with E-state index in [-0.39, 0.29) is 42.9 Å². The van der Waals surface area contributed by atoms with Crippen LogP contribution in [0.1, 0.15) is 19.3 Å². The molecule has 0 aliphatic carbocycles. The Labute approximate surface area is 139 Å². The number of amides is 1. The quantitative estimate of drug-likeness (QED) is 0.846. The third kappa shape index (κ3) is 4.27. The second kappa shape index (κ2) is 8.03. The topological polar surface area (TPSA) is 88.9 Å². The molecule has 124 valence electrons. The predicted octanol–water partition coefficient (Wildman–Crippen LogP) is 0.472. The summed E-state index contributed by atoms with van der Waals surface area (Å²) in [4.78, 5) is 24.2. The first-order valence-electron chi connectivity index (χ1n) is 7.56. The van der Waals surface area contributed by atoms with Gasteiger partial charge in [0.1, 0.15) is 5.52 Å². The Kier molecular flexibility index (Phi) is 6.06. The maximum Gasteiger partial charge on any atom is 0.277 e. The van der Waals surface area contributed by atoms with E-state index in [1.807, 2.05) is 6.07 Å². The summed E-state index contributed by atoms with van der Waals surface area (Å²) >= 11 is 0. The third-order valence-electron chi connectivity index (χ3n) is 3.84. The van der Waals surface area contributed by atoms with Gasteiger partial charge in [0.05, 0.1) is 11.9 Å². The number of fused-ring (bicyclic) bond motifs is 1. The number of rotatable bonds is 4. The van der Waals surface area contributed by atoms with Crippen molar-refractivity contribution in [1.29, 1.82) is 0 Å². The molecule has 1 aliphatic rings. The van der Waals surface area contributed by atoms with Crippen LogP contribution in [0.3, 0.4) is 0 Å². The zero-order valence-electron chi connectivity index (χ0n) is 12.7. The zero-order valence-corrected chi connectivity index (χ0v) is 13.5. The number of benzene rings is 1. The molecule has 2 N–H and O–H groups in total. The fraction of sp³-hybridized carbons (Fsp3) is 0.467. The molecule has 1 aliphatic heterocycles. The number of halogens is 1. The highest BCUT2D eigenvalue weighted by atomic mass is 35.5. The number of piperidine rings is 1. The van der Waals surface area contributed by atoms with E-state index in [9.17, 15) is 9.59 Å². The normalized spacial score (nSPS) is 17.5. The Morgan fingerprint density at radius 3 is 3.00 bits per heavy atom. The highest BCUT2D eigenvalue weighted by molar-refractivity contribution is 5.85. The van der Waals surface area contributed by atoms with Crippen molar-refractivity contribution < 1.29 is 4.79 Å². The second-order valence-corrected chi connectivity index (χ2v) is 5.50. The van der Waals surface area contributed by atoms with Crippen LogP contribution in [-0.2, 0) is 11.3 Å². The molecule has 2 heterocycles. The Hall–Kier alpha value is -1.99. The van der Waals surface area contributed by atoms with E-state index in [4.69, 9.17) is 0 Å². The molecule has 1 saturated heterocycles. The van der Waals surface area contributed by atoms with Gasteiger partial charge >= 0.3 is 0 Å². The third-order valence-corrected chi connectivity index (χ3v) is 3.84. The van der Waals surface area contributed by atoms with Gasteiger partial charge in [0, 0.05) is 19.0 Å². The molecule has 0 spiro atoms. The monoisotopic (exact) mass is 337 g/mol. The van der Waals surface area contributed by atoms with Crippen molar-refractivity contribution in [3.8, 4) is 0 Å². The Balaban J connectivity index is 0.00000192. The molecule has 23 heavy (non-hydrogen) atoms. The molecule has 1 unspecified atom stereocenters. The molecule has 1 amide bonds. The van der Waals surface area contributed by atoms with Crippen LogP contribution in [-0.4, -0.2) is 40.0 Å². The number of hydrogen-bond acceptors (Lipinski definition) is 5. The Morgan fingerprint density at radius 1 is 1.39 bits per heavy atom. The van der Waals surface area contributed by atoms with Gasteiger partial charge in [-0.05, 0) is 31.5 Å². The van der Waals surface area contributed by atoms with Gasteiger partial charge in [-0.15, -0.1) is 17.5 Å². The van der Waals surface area contributed by atoms with E-state index in [2.05, 4.69) is 20.9 Å². The lowest BCUT2D eigenvalue weighted by Gasteiger charge is -2.23. The Morgan fingerprint density at radius 2 is 2.22 bits per heavy atom. The van der Waals surface area contributed by atoms with Crippen LogP contribution in [0.5, 0.6) is 0 Å². The van der Waals surface area contributed by atoms with Crippen LogP contribution in [0, 0.1) is 0 Å². The van der Waals surface area contributed by atoms with Crippen molar-refractivity contribution in [1.82, 2.24) is 25.6 Å². The lowest BCUT2D eigenvalue weighted by atomic mass is 10.1. The average Bonchev–Trinajstić information content (AvgIpc) is 2.55. The summed E-state index contributed by atoms with van der Waals surface area (Å²) < 4.78 is 1.25. The first-order valence-corrected chi connectivity index (χ1v) is 7.56. The summed E-state index contributed by atoms with van der Waals surface area (Å²) in [6.45, 7) is 2.05. The van der Waals surface area contributed by atoms with Crippen LogP contribution < -0.4 is 16.2 Å². The van der Waals surface area contributed by atoms with Crippen LogP contribution in [0.25, 0.3) is 10.9 Å². The van der Waals surface area contributed by atoms with E-state index >= 15 is 0 Å². The number of carbonyl (C=O) groups excluding carboxylic acids is 1. The number of aromatic nitrogens is 3. The van der Waals surface area contributed by atoms with E-state index in [1.165, 1.54) is 4.68 Å². The van der Waals surface area contributed by atoms with Crippen molar-refractivity contribution >= 4 is 29.2 Å². The van der Waals surface area contributed by atoms with Gasteiger partial charge in [-0.25, -0.2) is 4.68 Å². The standard InChI is InChI=1S/C15H19N5O2.ClH/c21-14(17-11-4-3-8-16-10-11)7-9-20-15(22)12-5-1-2-6-13(12)18-19-20;/h1-2,5-6,11,16H,3-4,7-10H2,(H,17,21);1H. The minimum atomic E-state index is -0.210. The molecular formula is C15H20ClN5O2. The van der Waals surface area contributed by atoms with Gasteiger partial charge < -0.3 is 10.6 Å². The fourth-order valence-corrected chi connectivity index (χ4v) is 2.65. The maximum absolute atomic E-state index is 12.2. The first kappa shape index (κ1) is 17.4. The van der Waals surface area contributed by atoms with Crippen molar-refractivity contribution in [2.75, 3.05) is 13.1 Å². The summed E-state index contributed by atoms with van der Waals surface area (Å²) in [5.74, 6) is -0.0597. The minimum Gasteiger partial charge on any atom is -0.352 e. The first-order chi connectivity index (χ1) is 10.7. The highest BCUT2D eigenvalue weighted by Crippen LogP contribution is 2.04. The van der Waals surface area contributed by atoms with E-state index in [0.29, 0.717) is 10.9 Å². The lowest BCUT2D eigenvalue weighted by molar-refractivity contribution is -0.122. The summed E-state index contributed by atoms with van der Waals surface area (Å²) in [5.41, 5.74) is 0.360. The number of hydrogen-bond donors (Lipinski definition) is 2. The lowest BCUT2D eigenvalue weighted by Crippen LogP contribution is -2.45. The maximum atomic E-state index is 12.2. The van der Waals surface area contributed by atoms with Gasteiger partial charge in [-0.2, -0.15) is 0 Å². The number of carbonyl (C=O) groups is 1. The SMILES string of the molecule is Cl.O=C(CCn1nnc2ccccc2c1=O)NC1CCCNC1. The van der Waals surface area contributed by atoms with Gasteiger partial charge in [-0.3, -0.25) is 9.59 Å². The largest absolute Gasteiger partial charge is 0.352 e. The molecule has 0 saturated carbocycles. The molecule has 0 bridgehead atoms. The highest BCUT2D eigenvalue weighted by Gasteiger charge is 2.15.